The SMILES string of the molecule is CC(C)c1cccc(S(=O)(=O)NC(=O)c2cc3c(s2)CCOC3)c1. The number of carbonyl (C=O) groups excluding carboxylic acids is 1. The highest BCUT2D eigenvalue weighted by Crippen LogP contribution is 2.27. The number of hydrogen-bond acceptors (Lipinski definition) is 5. The lowest BCUT2D eigenvalue weighted by Crippen LogP contribution is -2.30. The molecule has 2 aromatic rings. The predicted molar refractivity (Wildman–Crippen MR) is 92.9 cm³/mol. The van der Waals surface area contributed by atoms with Gasteiger partial charge in [0.1, 0.15) is 0 Å². The lowest BCUT2D eigenvalue weighted by Gasteiger charge is -2.10. The van der Waals surface area contributed by atoms with Crippen LogP contribution in [0.2, 0.25) is 0 Å². The molecule has 24 heavy (non-hydrogen) atoms. The first kappa shape index (κ1) is 17.1. The first-order chi connectivity index (χ1) is 11.4. The maximum absolute atomic E-state index is 12.5. The second-order valence-electron chi connectivity index (χ2n) is 6.02. The number of thiophene rings is 1. The first-order valence-electron chi connectivity index (χ1n) is 7.73. The Kier molecular flexibility index (Phi) is 4.76. The maximum Gasteiger partial charge on any atom is 0.275 e. The molecule has 1 aromatic heterocycles. The number of amides is 1. The van der Waals surface area contributed by atoms with Gasteiger partial charge in [0.2, 0.25) is 0 Å². The molecule has 0 fully saturated rings. The minimum Gasteiger partial charge on any atom is -0.376 e. The van der Waals surface area contributed by atoms with Crippen molar-refractivity contribution in [3.63, 3.8) is 0 Å². The van der Waals surface area contributed by atoms with Gasteiger partial charge in [0, 0.05) is 11.3 Å². The molecule has 0 radical (unpaired) electrons. The van der Waals surface area contributed by atoms with Gasteiger partial charge in [0.15, 0.2) is 0 Å². The summed E-state index contributed by atoms with van der Waals surface area (Å²) in [7, 11) is -3.89. The molecule has 0 saturated heterocycles. The van der Waals surface area contributed by atoms with Crippen molar-refractivity contribution in [2.75, 3.05) is 6.61 Å². The Morgan fingerprint density at radius 2 is 2.08 bits per heavy atom. The lowest BCUT2D eigenvalue weighted by atomic mass is 10.0. The highest BCUT2D eigenvalue weighted by Gasteiger charge is 2.23. The van der Waals surface area contributed by atoms with E-state index in [0.29, 0.717) is 18.1 Å². The topological polar surface area (TPSA) is 72.5 Å². The van der Waals surface area contributed by atoms with Crippen molar-refractivity contribution in [3.8, 4) is 0 Å². The predicted octanol–water partition coefficient (Wildman–Crippen LogP) is 3.06. The largest absolute Gasteiger partial charge is 0.376 e. The summed E-state index contributed by atoms with van der Waals surface area (Å²) < 4.78 is 32.5. The van der Waals surface area contributed by atoms with Gasteiger partial charge in [0.05, 0.1) is 23.0 Å². The molecule has 3 rings (SSSR count). The van der Waals surface area contributed by atoms with E-state index in [1.54, 1.807) is 18.2 Å². The number of carbonyl (C=O) groups is 1. The van der Waals surface area contributed by atoms with Crippen molar-refractivity contribution in [2.45, 2.75) is 37.7 Å². The van der Waals surface area contributed by atoms with Crippen LogP contribution >= 0.6 is 11.3 Å². The molecule has 0 unspecified atom stereocenters. The fourth-order valence-corrected chi connectivity index (χ4v) is 4.66. The van der Waals surface area contributed by atoms with E-state index in [1.165, 1.54) is 17.4 Å². The van der Waals surface area contributed by atoms with Crippen molar-refractivity contribution in [3.05, 3.63) is 51.2 Å². The quantitative estimate of drug-likeness (QED) is 0.904. The third kappa shape index (κ3) is 3.53. The van der Waals surface area contributed by atoms with Gasteiger partial charge in [-0.05, 0) is 35.2 Å². The zero-order chi connectivity index (χ0) is 17.3. The average Bonchev–Trinajstić information content (AvgIpc) is 2.99. The highest BCUT2D eigenvalue weighted by molar-refractivity contribution is 7.90. The number of sulfonamides is 1. The van der Waals surface area contributed by atoms with Crippen LogP contribution in [0.4, 0.5) is 0 Å². The van der Waals surface area contributed by atoms with Crippen LogP contribution in [0.1, 0.15) is 45.4 Å². The number of benzene rings is 1. The second kappa shape index (κ2) is 6.66. The normalized spacial score (nSPS) is 14.5. The van der Waals surface area contributed by atoms with E-state index in [1.807, 2.05) is 19.9 Å². The minimum absolute atomic E-state index is 0.103. The molecule has 0 saturated carbocycles. The van der Waals surface area contributed by atoms with Gasteiger partial charge in [-0.25, -0.2) is 13.1 Å². The first-order valence-corrected chi connectivity index (χ1v) is 10.0. The Labute approximate surface area is 145 Å². The molecule has 0 spiro atoms. The third-order valence-electron chi connectivity index (χ3n) is 3.91. The van der Waals surface area contributed by atoms with Gasteiger partial charge < -0.3 is 4.74 Å². The van der Waals surface area contributed by atoms with Crippen LogP contribution in [0.3, 0.4) is 0 Å². The van der Waals surface area contributed by atoms with E-state index in [2.05, 4.69) is 4.72 Å². The van der Waals surface area contributed by atoms with Gasteiger partial charge in [-0.2, -0.15) is 0 Å². The van der Waals surface area contributed by atoms with Crippen molar-refractivity contribution in [1.29, 1.82) is 0 Å². The summed E-state index contributed by atoms with van der Waals surface area (Å²) >= 11 is 1.33. The van der Waals surface area contributed by atoms with Crippen molar-refractivity contribution >= 4 is 27.3 Å². The molecule has 2 heterocycles. The standard InChI is InChI=1S/C17H19NO4S2/c1-11(2)12-4-3-5-14(8-12)24(20,21)18-17(19)16-9-13-10-22-7-6-15(13)23-16/h3-5,8-9,11H,6-7,10H2,1-2H3,(H,18,19). The van der Waals surface area contributed by atoms with Crippen LogP contribution in [-0.4, -0.2) is 20.9 Å². The van der Waals surface area contributed by atoms with E-state index in [0.717, 1.165) is 22.4 Å². The van der Waals surface area contributed by atoms with Crippen molar-refractivity contribution in [1.82, 2.24) is 4.72 Å². The van der Waals surface area contributed by atoms with Gasteiger partial charge in [-0.1, -0.05) is 26.0 Å². The van der Waals surface area contributed by atoms with Gasteiger partial charge in [-0.15, -0.1) is 11.3 Å². The summed E-state index contributed by atoms with van der Waals surface area (Å²) in [6, 6.07) is 8.38. The maximum atomic E-state index is 12.5. The Bertz CT molecular complexity index is 845. The molecule has 7 heteroatoms. The summed E-state index contributed by atoms with van der Waals surface area (Å²) in [5.74, 6) is -0.385. The minimum atomic E-state index is -3.89. The molecule has 1 N–H and O–H groups in total. The van der Waals surface area contributed by atoms with Gasteiger partial charge >= 0.3 is 0 Å². The van der Waals surface area contributed by atoms with Crippen molar-refractivity contribution < 1.29 is 17.9 Å². The molecule has 128 valence electrons. The highest BCUT2D eigenvalue weighted by atomic mass is 32.2. The van der Waals surface area contributed by atoms with Crippen LogP contribution in [0.5, 0.6) is 0 Å². The van der Waals surface area contributed by atoms with E-state index in [-0.39, 0.29) is 10.8 Å². The number of fused-ring (bicyclic) bond motifs is 1. The Morgan fingerprint density at radius 1 is 1.29 bits per heavy atom. The van der Waals surface area contributed by atoms with E-state index >= 15 is 0 Å². The van der Waals surface area contributed by atoms with E-state index < -0.39 is 15.9 Å². The molecule has 0 bridgehead atoms. The van der Waals surface area contributed by atoms with Gasteiger partial charge in [0.25, 0.3) is 15.9 Å². The number of rotatable bonds is 4. The third-order valence-corrected chi connectivity index (χ3v) is 6.48. The van der Waals surface area contributed by atoms with E-state index in [9.17, 15) is 13.2 Å². The Hall–Kier alpha value is -1.70. The Balaban J connectivity index is 1.82. The van der Waals surface area contributed by atoms with Crippen LogP contribution in [0.25, 0.3) is 0 Å². The molecule has 0 atom stereocenters. The summed E-state index contributed by atoms with van der Waals surface area (Å²) in [4.78, 5) is 13.9. The monoisotopic (exact) mass is 365 g/mol. The van der Waals surface area contributed by atoms with Crippen LogP contribution < -0.4 is 4.72 Å². The molecule has 0 aliphatic carbocycles. The second-order valence-corrected chi connectivity index (χ2v) is 8.84. The van der Waals surface area contributed by atoms with Crippen LogP contribution in [0.15, 0.2) is 35.2 Å². The lowest BCUT2D eigenvalue weighted by molar-refractivity contribution is 0.0984. The molecule has 5 nitrogen and oxygen atoms in total. The number of nitrogens with one attached hydrogen (secondary N) is 1. The molecular weight excluding hydrogens is 346 g/mol. The smallest absolute Gasteiger partial charge is 0.275 e. The van der Waals surface area contributed by atoms with E-state index in [4.69, 9.17) is 4.74 Å². The van der Waals surface area contributed by atoms with Crippen LogP contribution in [-0.2, 0) is 27.8 Å². The fourth-order valence-electron chi connectivity index (χ4n) is 2.53. The zero-order valence-corrected chi connectivity index (χ0v) is 15.2. The van der Waals surface area contributed by atoms with Crippen LogP contribution in [0, 0.1) is 0 Å². The van der Waals surface area contributed by atoms with Gasteiger partial charge in [-0.3, -0.25) is 4.79 Å². The summed E-state index contributed by atoms with van der Waals surface area (Å²) in [5.41, 5.74) is 1.88. The summed E-state index contributed by atoms with van der Waals surface area (Å²) in [6.45, 7) is 5.09. The number of hydrogen-bond donors (Lipinski definition) is 1. The summed E-state index contributed by atoms with van der Waals surface area (Å²) in [6.07, 6.45) is 0.760. The number of ether oxygens (including phenoxy) is 1. The fraction of sp³-hybridized carbons (Fsp3) is 0.353. The molecule has 1 aliphatic rings. The average molecular weight is 365 g/mol. The zero-order valence-electron chi connectivity index (χ0n) is 13.5. The molecular formula is C17H19NO4S2. The Morgan fingerprint density at radius 3 is 2.79 bits per heavy atom. The molecule has 1 aromatic carbocycles. The molecule has 1 aliphatic heterocycles. The summed E-state index contributed by atoms with van der Waals surface area (Å²) in [5, 5.41) is 0. The molecule has 1 amide bonds. The van der Waals surface area contributed by atoms with Crippen molar-refractivity contribution in [2.24, 2.45) is 0 Å².